The largest absolute Gasteiger partial charge is 0.506 e. The zero-order chi connectivity index (χ0) is 20.2. The van der Waals surface area contributed by atoms with Crippen molar-refractivity contribution in [2.45, 2.75) is 38.0 Å². The maximum atomic E-state index is 12.9. The van der Waals surface area contributed by atoms with E-state index in [1.807, 2.05) is 0 Å². The second-order valence-corrected chi connectivity index (χ2v) is 11.4. The third-order valence-electron chi connectivity index (χ3n) is 5.30. The van der Waals surface area contributed by atoms with E-state index >= 15 is 0 Å². The predicted octanol–water partition coefficient (Wildman–Crippen LogP) is 3.83. The summed E-state index contributed by atoms with van der Waals surface area (Å²) in [5.41, 5.74) is 1.97. The average Bonchev–Trinajstić information content (AvgIpc) is 2.62. The lowest BCUT2D eigenvalue weighted by Crippen LogP contribution is -2.22. The van der Waals surface area contributed by atoms with Crippen LogP contribution in [-0.2, 0) is 19.4 Å². The Morgan fingerprint density at radius 3 is 2.39 bits per heavy atom. The number of sulfone groups is 1. The number of aryl methyl sites for hydroxylation is 1. The number of hydrogen-bond donors (Lipinski definition) is 1. The number of aliphatic hydroxyl groups excluding tert-OH is 1. The molecule has 1 N–H and O–H groups in total. The van der Waals surface area contributed by atoms with Crippen molar-refractivity contribution in [1.82, 2.24) is 0 Å². The Labute approximate surface area is 172 Å². The van der Waals surface area contributed by atoms with Gasteiger partial charge in [0.25, 0.3) is 0 Å². The minimum atomic E-state index is -3.48. The number of aliphatic hydroxyl groups is 1. The first-order chi connectivity index (χ1) is 13.2. The van der Waals surface area contributed by atoms with Gasteiger partial charge in [-0.1, -0.05) is 0 Å². The lowest BCUT2D eigenvalue weighted by atomic mass is 9.87. The van der Waals surface area contributed by atoms with Crippen LogP contribution in [0.5, 0.6) is 0 Å². The number of carbonyl (C=O) groups is 2. The summed E-state index contributed by atoms with van der Waals surface area (Å²) in [6, 6.07) is 1.59. The molecule has 1 aromatic rings. The van der Waals surface area contributed by atoms with E-state index < -0.39 is 9.84 Å². The Bertz CT molecular complexity index is 1080. The highest BCUT2D eigenvalue weighted by atomic mass is 32.2. The van der Waals surface area contributed by atoms with E-state index in [1.165, 1.54) is 0 Å². The van der Waals surface area contributed by atoms with Crippen LogP contribution in [0, 0.1) is 13.8 Å². The molecule has 1 aliphatic carbocycles. The number of rotatable bonds is 1. The van der Waals surface area contributed by atoms with Gasteiger partial charge in [0.05, 0.1) is 10.6 Å². The van der Waals surface area contributed by atoms with Gasteiger partial charge < -0.3 is 5.11 Å². The van der Waals surface area contributed by atoms with Crippen molar-refractivity contribution < 1.29 is 23.1 Å². The molecule has 8 heteroatoms. The fourth-order valence-corrected chi connectivity index (χ4v) is 9.09. The van der Waals surface area contributed by atoms with E-state index in [0.29, 0.717) is 33.6 Å². The van der Waals surface area contributed by atoms with Crippen LogP contribution in [0.1, 0.15) is 41.5 Å². The number of fused-ring (bicyclic) bond motifs is 2. The number of allylic oxidation sites excluding steroid dienone is 1. The first-order valence-electron chi connectivity index (χ1n) is 9.08. The van der Waals surface area contributed by atoms with Crippen LogP contribution in [0.3, 0.4) is 0 Å². The van der Waals surface area contributed by atoms with Crippen molar-refractivity contribution in [3.05, 3.63) is 38.8 Å². The molecule has 0 spiro atoms. The van der Waals surface area contributed by atoms with Gasteiger partial charge in [0, 0.05) is 45.3 Å². The molecule has 0 saturated heterocycles. The summed E-state index contributed by atoms with van der Waals surface area (Å²) in [4.78, 5) is 26.7. The molecule has 0 unspecified atom stereocenters. The maximum absolute atomic E-state index is 12.9. The molecule has 1 aromatic carbocycles. The number of carbonyl (C=O) groups excluding carboxylic acids is 2. The number of Topliss-reactive ketones (excluding diaryl/α,β-unsaturated/α-hetero) is 2. The van der Waals surface area contributed by atoms with Gasteiger partial charge in [0.15, 0.2) is 21.4 Å². The molecule has 4 rings (SSSR count). The van der Waals surface area contributed by atoms with Crippen LogP contribution in [0.25, 0.3) is 10.7 Å². The molecule has 2 heterocycles. The van der Waals surface area contributed by atoms with E-state index in [4.69, 9.17) is 0 Å². The number of ketones is 2. The van der Waals surface area contributed by atoms with Gasteiger partial charge in [-0.3, -0.25) is 9.59 Å². The number of thioether (sulfide) groups is 2. The Morgan fingerprint density at radius 1 is 1.07 bits per heavy atom. The van der Waals surface area contributed by atoms with Gasteiger partial charge in [-0.05, 0) is 37.5 Å². The van der Waals surface area contributed by atoms with E-state index in [0.717, 1.165) is 21.3 Å². The van der Waals surface area contributed by atoms with Gasteiger partial charge in [-0.15, -0.1) is 23.5 Å². The van der Waals surface area contributed by atoms with Crippen LogP contribution in [0.15, 0.2) is 21.4 Å². The van der Waals surface area contributed by atoms with Gasteiger partial charge in [0.2, 0.25) is 0 Å². The molecule has 0 radical (unpaired) electrons. The standard InChI is InChI=1S/C20H20O5S3/c1-10-8-12(18(23)17-13(21)4-3-5-14(17)22)11(2)16-19-15(26-6-7-27-19)9-28(24,25)20(10)16/h8,23H,3-7,9H2,1-2H3. The van der Waals surface area contributed by atoms with E-state index in [-0.39, 0.29) is 41.5 Å². The molecule has 5 nitrogen and oxygen atoms in total. The highest BCUT2D eigenvalue weighted by molar-refractivity contribution is 8.14. The average molecular weight is 437 g/mol. The van der Waals surface area contributed by atoms with E-state index in [1.54, 1.807) is 43.4 Å². The quantitative estimate of drug-likeness (QED) is 0.407. The van der Waals surface area contributed by atoms with E-state index in [9.17, 15) is 23.1 Å². The maximum Gasteiger partial charge on any atom is 0.183 e. The van der Waals surface area contributed by atoms with Crippen LogP contribution in [0.4, 0.5) is 0 Å². The number of benzene rings is 1. The predicted molar refractivity (Wildman–Crippen MR) is 113 cm³/mol. The second kappa shape index (κ2) is 7.07. The van der Waals surface area contributed by atoms with Gasteiger partial charge in [0.1, 0.15) is 11.3 Å². The highest BCUT2D eigenvalue weighted by Crippen LogP contribution is 2.50. The van der Waals surface area contributed by atoms with Crippen molar-refractivity contribution in [2.75, 3.05) is 17.3 Å². The third-order valence-corrected chi connectivity index (χ3v) is 9.94. The SMILES string of the molecule is Cc1cc(C(O)=C2C(=O)CCCC2=O)c(C)c2c1S(=O)(=O)CC1=C2SCCS1. The minimum absolute atomic E-state index is 0.0106. The molecule has 0 aromatic heterocycles. The molecular weight excluding hydrogens is 416 g/mol. The second-order valence-electron chi connectivity index (χ2n) is 7.20. The summed E-state index contributed by atoms with van der Waals surface area (Å²) >= 11 is 3.20. The Kier molecular flexibility index (Phi) is 5.00. The van der Waals surface area contributed by atoms with E-state index in [2.05, 4.69) is 0 Å². The zero-order valence-corrected chi connectivity index (χ0v) is 18.1. The summed E-state index contributed by atoms with van der Waals surface area (Å²) in [6.07, 6.45) is 0.980. The van der Waals surface area contributed by atoms with Crippen molar-refractivity contribution in [1.29, 1.82) is 0 Å². The highest BCUT2D eigenvalue weighted by Gasteiger charge is 2.36. The molecule has 2 aliphatic heterocycles. The van der Waals surface area contributed by atoms with Crippen LogP contribution in [-0.4, -0.2) is 42.3 Å². The normalized spacial score (nSPS) is 21.4. The molecular formula is C20H20O5S3. The lowest BCUT2D eigenvalue weighted by Gasteiger charge is -2.29. The molecule has 0 amide bonds. The molecule has 0 atom stereocenters. The van der Waals surface area contributed by atoms with Crippen molar-refractivity contribution in [3.8, 4) is 0 Å². The summed E-state index contributed by atoms with van der Waals surface area (Å²) in [7, 11) is -3.48. The monoisotopic (exact) mass is 436 g/mol. The zero-order valence-electron chi connectivity index (χ0n) is 15.6. The number of hydrogen-bond acceptors (Lipinski definition) is 7. The van der Waals surface area contributed by atoms with Gasteiger partial charge in [-0.25, -0.2) is 8.42 Å². The van der Waals surface area contributed by atoms with Crippen molar-refractivity contribution in [3.63, 3.8) is 0 Å². The topological polar surface area (TPSA) is 88.5 Å². The molecule has 28 heavy (non-hydrogen) atoms. The van der Waals surface area contributed by atoms with Crippen LogP contribution >= 0.6 is 23.5 Å². The fraction of sp³-hybridized carbons (Fsp3) is 0.400. The third kappa shape index (κ3) is 3.06. The van der Waals surface area contributed by atoms with Crippen LogP contribution < -0.4 is 0 Å². The van der Waals surface area contributed by atoms with Crippen molar-refractivity contribution >= 4 is 55.6 Å². The Morgan fingerprint density at radius 2 is 1.71 bits per heavy atom. The summed E-state index contributed by atoms with van der Waals surface area (Å²) in [5, 5.41) is 10.9. The molecule has 1 saturated carbocycles. The molecule has 1 fully saturated rings. The first kappa shape index (κ1) is 19.8. The van der Waals surface area contributed by atoms with Crippen molar-refractivity contribution in [2.24, 2.45) is 0 Å². The summed E-state index contributed by atoms with van der Waals surface area (Å²) < 4.78 is 25.9. The first-order valence-corrected chi connectivity index (χ1v) is 12.7. The Hall–Kier alpha value is -1.51. The van der Waals surface area contributed by atoms with Gasteiger partial charge in [-0.2, -0.15) is 0 Å². The smallest absolute Gasteiger partial charge is 0.183 e. The van der Waals surface area contributed by atoms with Gasteiger partial charge >= 0.3 is 0 Å². The molecule has 148 valence electrons. The summed E-state index contributed by atoms with van der Waals surface area (Å²) in [5.74, 6) is 0.741. The Balaban J connectivity index is 2.02. The summed E-state index contributed by atoms with van der Waals surface area (Å²) in [6.45, 7) is 3.46. The van der Waals surface area contributed by atoms with Crippen LogP contribution in [0.2, 0.25) is 0 Å². The lowest BCUT2D eigenvalue weighted by molar-refractivity contribution is -0.123. The minimum Gasteiger partial charge on any atom is -0.506 e. The molecule has 0 bridgehead atoms. The molecule has 3 aliphatic rings. The fourth-order valence-electron chi connectivity index (χ4n) is 4.04.